The first-order valence-corrected chi connectivity index (χ1v) is 24.6. The predicted octanol–water partition coefficient (Wildman–Crippen LogP) is 3.74. The minimum atomic E-state index is -2.67. The molecule has 1 N–H and O–H groups in total. The van der Waals surface area contributed by atoms with Crippen LogP contribution in [0, 0.1) is 17.5 Å². The van der Waals surface area contributed by atoms with Gasteiger partial charge in [-0.1, -0.05) is 32.9 Å². The normalized spacial score (nSPS) is 16.4. The molecule has 4 heterocycles. The Labute approximate surface area is 345 Å². The third-order valence-electron chi connectivity index (χ3n) is 12.6. The van der Waals surface area contributed by atoms with Crippen LogP contribution in [0.15, 0.2) is 12.1 Å². The molecule has 4 aliphatic heterocycles. The van der Waals surface area contributed by atoms with E-state index < -0.39 is 54.1 Å². The number of alkyl halides is 1. The Morgan fingerprint density at radius 3 is 2.29 bits per heavy atom. The van der Waals surface area contributed by atoms with Crippen LogP contribution in [0.5, 0.6) is 0 Å². The Morgan fingerprint density at radius 2 is 1.57 bits per heavy atom. The molecular weight excluding hydrogens is 783 g/mol. The van der Waals surface area contributed by atoms with E-state index >= 15 is 13.2 Å². The molecule has 0 saturated carbocycles. The lowest BCUT2D eigenvalue weighted by Gasteiger charge is -2.43. The van der Waals surface area contributed by atoms with Crippen molar-refractivity contribution < 1.29 is 37.3 Å². The summed E-state index contributed by atoms with van der Waals surface area (Å²) in [5, 5.41) is 19.4. The third-order valence-corrected chi connectivity index (χ3v) is 16.5. The summed E-state index contributed by atoms with van der Waals surface area (Å²) in [6.07, 6.45) is 9.75. The van der Waals surface area contributed by atoms with E-state index in [0.29, 0.717) is 36.3 Å². The zero-order valence-corrected chi connectivity index (χ0v) is 36.0. The van der Waals surface area contributed by atoms with Crippen molar-refractivity contribution in [3.8, 4) is 0 Å². The molecule has 0 radical (unpaired) electrons. The van der Waals surface area contributed by atoms with Gasteiger partial charge in [0.2, 0.25) is 5.36 Å². The zero-order chi connectivity index (χ0) is 41.3. The quantitative estimate of drug-likeness (QED) is 0.0778. The lowest BCUT2D eigenvalue weighted by Crippen LogP contribution is -2.67. The SMILES string of the molecule is CCc1cc2c(c3c1=[N+](C)CCC3)[Si](C)(C)c1c(cc3c4c1CCCN4CCC3)C=2c1c(F)c(C(=O)NCCOCCOCCCCCCCl)c(F)c(F)c1C(=O)[O-]. The second-order valence-electron chi connectivity index (χ2n) is 16.6. The molecule has 7 rings (SSSR count). The molecule has 0 saturated heterocycles. The van der Waals surface area contributed by atoms with Crippen LogP contribution in [0.4, 0.5) is 18.9 Å². The molecule has 312 valence electrons. The van der Waals surface area contributed by atoms with Gasteiger partial charge in [-0.05, 0) is 101 Å². The highest BCUT2D eigenvalue weighted by molar-refractivity contribution is 7.02. The Morgan fingerprint density at radius 1 is 0.879 bits per heavy atom. The number of benzene rings is 3. The number of nitrogens with zero attached hydrogens (tertiary/aromatic N) is 2. The Kier molecular flexibility index (Phi) is 13.1. The number of carboxylic acids is 1. The molecule has 3 aromatic carbocycles. The number of hydrogen-bond acceptors (Lipinski definition) is 6. The molecule has 3 aromatic rings. The van der Waals surface area contributed by atoms with Gasteiger partial charge in [0, 0.05) is 66.5 Å². The van der Waals surface area contributed by atoms with Gasteiger partial charge in [-0.2, -0.15) is 0 Å². The maximum absolute atomic E-state index is 17.5. The third kappa shape index (κ3) is 7.63. The second kappa shape index (κ2) is 17.9. The molecule has 0 aliphatic carbocycles. The summed E-state index contributed by atoms with van der Waals surface area (Å²) in [6, 6.07) is 4.07. The van der Waals surface area contributed by atoms with Crippen molar-refractivity contribution in [3.05, 3.63) is 84.7 Å². The Hall–Kier alpha value is -3.71. The molecule has 0 atom stereocenters. The predicted molar refractivity (Wildman–Crippen MR) is 223 cm³/mol. The van der Waals surface area contributed by atoms with Gasteiger partial charge < -0.3 is 29.6 Å². The maximum Gasteiger partial charge on any atom is 0.257 e. The summed E-state index contributed by atoms with van der Waals surface area (Å²) in [7, 11) is -0.590. The highest BCUT2D eigenvalue weighted by Gasteiger charge is 2.45. The first kappa shape index (κ1) is 42.4. The minimum Gasteiger partial charge on any atom is -0.545 e. The molecule has 0 bridgehead atoms. The molecule has 0 aromatic heterocycles. The second-order valence-corrected chi connectivity index (χ2v) is 21.2. The Balaban J connectivity index is 1.36. The van der Waals surface area contributed by atoms with Gasteiger partial charge in [0.05, 0.1) is 25.8 Å². The van der Waals surface area contributed by atoms with E-state index in [1.54, 1.807) is 0 Å². The van der Waals surface area contributed by atoms with E-state index in [4.69, 9.17) is 21.1 Å². The van der Waals surface area contributed by atoms with Gasteiger partial charge in [-0.25, -0.2) is 17.7 Å². The molecule has 4 aliphatic rings. The van der Waals surface area contributed by atoms with Crippen molar-refractivity contribution >= 4 is 53.2 Å². The van der Waals surface area contributed by atoms with Crippen LogP contribution < -0.4 is 40.8 Å². The smallest absolute Gasteiger partial charge is 0.257 e. The van der Waals surface area contributed by atoms with Gasteiger partial charge in [0.25, 0.3) is 5.91 Å². The molecule has 13 heteroatoms. The fourth-order valence-electron chi connectivity index (χ4n) is 10.2. The van der Waals surface area contributed by atoms with E-state index in [1.807, 2.05) is 13.0 Å². The number of fused-ring (bicyclic) bond motifs is 5. The number of ether oxygens (including phenoxy) is 2. The van der Waals surface area contributed by atoms with E-state index in [2.05, 4.69) is 41.0 Å². The largest absolute Gasteiger partial charge is 0.545 e. The molecule has 0 spiro atoms. The fourth-order valence-corrected chi connectivity index (χ4v) is 14.4. The van der Waals surface area contributed by atoms with Crippen molar-refractivity contribution in [2.45, 2.75) is 90.6 Å². The van der Waals surface area contributed by atoms with E-state index in [0.717, 1.165) is 116 Å². The maximum atomic E-state index is 17.5. The van der Waals surface area contributed by atoms with Crippen molar-refractivity contribution in [1.82, 2.24) is 9.89 Å². The molecule has 8 nitrogen and oxygen atoms in total. The number of aryl methyl sites for hydroxylation is 2. The van der Waals surface area contributed by atoms with E-state index in [-0.39, 0.29) is 25.3 Å². The topological polar surface area (TPSA) is 93.9 Å². The highest BCUT2D eigenvalue weighted by Crippen LogP contribution is 2.41. The minimum absolute atomic E-state index is 0.0165. The standard InChI is InChI=1S/C45H55ClF3N3O5Si/c1-5-27-25-31-33(34-35(45(54)55)38(48)39(49)36(37(34)47)44(53)50-17-22-57-24-23-56-21-9-7-6-8-16-46)32-26-28-13-10-19-52-20-12-15-30(41(28)52)43(32)58(3,4)42(31)29-14-11-18-51(2)40(27)29/h25-26H,5-24H2,1-4H3,(H-,50,53,54,55). The number of nitrogens with one attached hydrogen (secondary N) is 1. The van der Waals surface area contributed by atoms with Crippen LogP contribution in [-0.4, -0.2) is 85.5 Å². The first-order valence-electron chi connectivity index (χ1n) is 21.1. The van der Waals surface area contributed by atoms with Crippen LogP contribution in [-0.2, 0) is 35.2 Å². The number of aromatic carboxylic acids is 1. The van der Waals surface area contributed by atoms with Crippen molar-refractivity contribution in [2.24, 2.45) is 0 Å². The number of unbranched alkanes of at least 4 members (excludes halogenated alkanes) is 3. The average Bonchev–Trinajstić information content (AvgIpc) is 3.19. The molecular formula is C45H55ClF3N3O5Si. The van der Waals surface area contributed by atoms with Gasteiger partial charge in [0.15, 0.2) is 11.6 Å². The van der Waals surface area contributed by atoms with Crippen molar-refractivity contribution in [3.63, 3.8) is 0 Å². The number of carbonyl (C=O) groups is 2. The zero-order valence-electron chi connectivity index (χ0n) is 34.2. The van der Waals surface area contributed by atoms with Gasteiger partial charge in [0.1, 0.15) is 33.0 Å². The van der Waals surface area contributed by atoms with Crippen LogP contribution in [0.3, 0.4) is 0 Å². The van der Waals surface area contributed by atoms with Crippen LogP contribution in [0.25, 0.3) is 5.57 Å². The van der Waals surface area contributed by atoms with Crippen molar-refractivity contribution in [2.75, 3.05) is 70.4 Å². The molecule has 58 heavy (non-hydrogen) atoms. The van der Waals surface area contributed by atoms with Crippen molar-refractivity contribution in [1.29, 1.82) is 0 Å². The van der Waals surface area contributed by atoms with Gasteiger partial charge >= 0.3 is 0 Å². The highest BCUT2D eigenvalue weighted by atomic mass is 35.5. The van der Waals surface area contributed by atoms with Gasteiger partial charge in [-0.3, -0.25) is 4.79 Å². The summed E-state index contributed by atoms with van der Waals surface area (Å²) in [4.78, 5) is 29.1. The number of halogens is 4. The van der Waals surface area contributed by atoms with E-state index in [1.165, 1.54) is 11.3 Å². The number of anilines is 1. The number of amides is 1. The average molecular weight is 838 g/mol. The van der Waals surface area contributed by atoms with Crippen LogP contribution >= 0.6 is 11.6 Å². The molecule has 0 unspecified atom stereocenters. The Bertz CT molecular complexity index is 2260. The summed E-state index contributed by atoms with van der Waals surface area (Å²) in [5.41, 5.74) is 3.47. The summed E-state index contributed by atoms with van der Waals surface area (Å²) >= 11 is 5.71. The molecule has 1 amide bonds. The lowest BCUT2D eigenvalue weighted by atomic mass is 9.83. The fraction of sp³-hybridized carbons (Fsp3) is 0.533. The summed E-state index contributed by atoms with van der Waals surface area (Å²) < 4.78 is 63.3. The molecule has 0 fully saturated rings. The number of carboxylic acid groups (broad SMARTS) is 1. The first-order chi connectivity index (χ1) is 27.9. The lowest BCUT2D eigenvalue weighted by molar-refractivity contribution is -0.255. The van der Waals surface area contributed by atoms with Gasteiger partial charge in [-0.15, -0.1) is 11.6 Å². The number of carbonyl (C=O) groups excluding carboxylic acids is 2. The van der Waals surface area contributed by atoms with Crippen LogP contribution in [0.2, 0.25) is 13.1 Å². The number of hydrogen-bond donors (Lipinski definition) is 1. The monoisotopic (exact) mass is 837 g/mol. The van der Waals surface area contributed by atoms with Crippen LogP contribution in [0.1, 0.15) is 106 Å². The summed E-state index contributed by atoms with van der Waals surface area (Å²) in [5.74, 6) is -7.74. The summed E-state index contributed by atoms with van der Waals surface area (Å²) in [6.45, 7) is 10.5. The van der Waals surface area contributed by atoms with E-state index in [9.17, 15) is 14.7 Å². The number of rotatable bonds is 16.